The Balaban J connectivity index is 1.87. The second-order valence-corrected chi connectivity index (χ2v) is 6.07. The van der Waals surface area contributed by atoms with Crippen LogP contribution < -0.4 is 5.32 Å². The molecule has 0 aliphatic heterocycles. The van der Waals surface area contributed by atoms with Crippen LogP contribution in [-0.4, -0.2) is 9.55 Å². The standard InChI is InChI=1S/C21H19N3/c1-15-8-10-16(11-9-15)19-14-20(22-17-6-4-3-5-7-17)21-18(23-19)12-13-24(21)2/h3-14H,1-2H3,(H,22,23). The predicted molar refractivity (Wildman–Crippen MR) is 101 cm³/mol. The van der Waals surface area contributed by atoms with Crippen LogP contribution in [0.15, 0.2) is 72.9 Å². The highest BCUT2D eigenvalue weighted by atomic mass is 15.0. The first-order valence-corrected chi connectivity index (χ1v) is 8.06. The van der Waals surface area contributed by atoms with Gasteiger partial charge in [-0.05, 0) is 31.2 Å². The molecule has 0 saturated carbocycles. The van der Waals surface area contributed by atoms with E-state index >= 15 is 0 Å². The summed E-state index contributed by atoms with van der Waals surface area (Å²) >= 11 is 0. The van der Waals surface area contributed by atoms with Crippen molar-refractivity contribution in [3.8, 4) is 11.3 Å². The molecule has 0 amide bonds. The van der Waals surface area contributed by atoms with Crippen LogP contribution in [0.5, 0.6) is 0 Å². The summed E-state index contributed by atoms with van der Waals surface area (Å²) in [6, 6.07) is 22.9. The summed E-state index contributed by atoms with van der Waals surface area (Å²) in [7, 11) is 2.05. The molecule has 0 aliphatic carbocycles. The van der Waals surface area contributed by atoms with Crippen molar-refractivity contribution in [1.82, 2.24) is 9.55 Å². The van der Waals surface area contributed by atoms with Crippen molar-refractivity contribution in [3.05, 3.63) is 78.5 Å². The first-order valence-electron chi connectivity index (χ1n) is 8.06. The molecule has 118 valence electrons. The Morgan fingerprint density at radius 1 is 0.917 bits per heavy atom. The van der Waals surface area contributed by atoms with Gasteiger partial charge in [0.15, 0.2) is 0 Å². The number of aryl methyl sites for hydroxylation is 2. The molecule has 2 heterocycles. The molecule has 2 aromatic heterocycles. The molecule has 1 N–H and O–H groups in total. The molecule has 0 atom stereocenters. The van der Waals surface area contributed by atoms with Gasteiger partial charge in [0.05, 0.1) is 22.4 Å². The molecule has 2 aromatic carbocycles. The van der Waals surface area contributed by atoms with E-state index in [4.69, 9.17) is 4.98 Å². The van der Waals surface area contributed by atoms with E-state index < -0.39 is 0 Å². The van der Waals surface area contributed by atoms with Gasteiger partial charge in [-0.1, -0.05) is 48.0 Å². The van der Waals surface area contributed by atoms with E-state index in [9.17, 15) is 0 Å². The van der Waals surface area contributed by atoms with E-state index in [0.717, 1.165) is 33.7 Å². The second-order valence-electron chi connectivity index (χ2n) is 6.07. The average Bonchev–Trinajstić information content (AvgIpc) is 2.98. The number of hydrogen-bond donors (Lipinski definition) is 1. The maximum atomic E-state index is 4.84. The van der Waals surface area contributed by atoms with Crippen LogP contribution in [0.4, 0.5) is 11.4 Å². The Kier molecular flexibility index (Phi) is 3.54. The van der Waals surface area contributed by atoms with Crippen LogP contribution in [0, 0.1) is 6.92 Å². The fourth-order valence-corrected chi connectivity index (χ4v) is 2.95. The topological polar surface area (TPSA) is 29.9 Å². The van der Waals surface area contributed by atoms with Crippen LogP contribution >= 0.6 is 0 Å². The minimum absolute atomic E-state index is 0.979. The maximum Gasteiger partial charge on any atom is 0.0909 e. The lowest BCUT2D eigenvalue weighted by molar-refractivity contribution is 0.969. The molecule has 0 bridgehead atoms. The lowest BCUT2D eigenvalue weighted by atomic mass is 10.1. The normalized spacial score (nSPS) is 10.9. The van der Waals surface area contributed by atoms with Gasteiger partial charge in [0, 0.05) is 24.5 Å². The van der Waals surface area contributed by atoms with Crippen molar-refractivity contribution in [2.75, 3.05) is 5.32 Å². The third-order valence-electron chi connectivity index (χ3n) is 4.23. The van der Waals surface area contributed by atoms with Gasteiger partial charge in [-0.25, -0.2) is 4.98 Å². The quantitative estimate of drug-likeness (QED) is 0.557. The largest absolute Gasteiger partial charge is 0.354 e. The third-order valence-corrected chi connectivity index (χ3v) is 4.23. The van der Waals surface area contributed by atoms with E-state index in [0.29, 0.717) is 0 Å². The number of pyridine rings is 1. The first kappa shape index (κ1) is 14.5. The Morgan fingerprint density at radius 2 is 1.67 bits per heavy atom. The number of fused-ring (bicyclic) bond motifs is 1. The number of rotatable bonds is 3. The van der Waals surface area contributed by atoms with Crippen molar-refractivity contribution < 1.29 is 0 Å². The van der Waals surface area contributed by atoms with Gasteiger partial charge < -0.3 is 9.88 Å². The number of anilines is 2. The Bertz CT molecular complexity index is 983. The van der Waals surface area contributed by atoms with Crippen LogP contribution in [0.3, 0.4) is 0 Å². The van der Waals surface area contributed by atoms with Crippen LogP contribution in [-0.2, 0) is 7.05 Å². The average molecular weight is 313 g/mol. The van der Waals surface area contributed by atoms with E-state index in [1.807, 2.05) is 31.4 Å². The Hall–Kier alpha value is -3.07. The highest BCUT2D eigenvalue weighted by molar-refractivity contribution is 5.93. The van der Waals surface area contributed by atoms with E-state index in [2.05, 4.69) is 65.3 Å². The highest BCUT2D eigenvalue weighted by Crippen LogP contribution is 2.30. The Labute approximate surface area is 141 Å². The van der Waals surface area contributed by atoms with Gasteiger partial charge in [-0.3, -0.25) is 0 Å². The molecule has 4 rings (SSSR count). The van der Waals surface area contributed by atoms with Gasteiger partial charge >= 0.3 is 0 Å². The van der Waals surface area contributed by atoms with E-state index in [1.54, 1.807) is 0 Å². The van der Waals surface area contributed by atoms with Crippen molar-refractivity contribution in [1.29, 1.82) is 0 Å². The molecule has 0 radical (unpaired) electrons. The molecule has 0 fully saturated rings. The minimum atomic E-state index is 0.979. The number of hydrogen-bond acceptors (Lipinski definition) is 2. The Morgan fingerprint density at radius 3 is 2.42 bits per heavy atom. The van der Waals surface area contributed by atoms with Crippen LogP contribution in [0.25, 0.3) is 22.3 Å². The summed E-state index contributed by atoms with van der Waals surface area (Å²) in [6.45, 7) is 2.10. The SMILES string of the molecule is Cc1ccc(-c2cc(Nc3ccccc3)c3c(ccn3C)n2)cc1. The maximum absolute atomic E-state index is 4.84. The summed E-state index contributed by atoms with van der Waals surface area (Å²) in [6.07, 6.45) is 2.05. The van der Waals surface area contributed by atoms with Crippen molar-refractivity contribution in [2.24, 2.45) is 7.05 Å². The smallest absolute Gasteiger partial charge is 0.0909 e. The van der Waals surface area contributed by atoms with Crippen molar-refractivity contribution in [3.63, 3.8) is 0 Å². The van der Waals surface area contributed by atoms with Gasteiger partial charge in [0.25, 0.3) is 0 Å². The summed E-state index contributed by atoms with van der Waals surface area (Å²) in [5.74, 6) is 0. The van der Waals surface area contributed by atoms with Crippen LogP contribution in [0.2, 0.25) is 0 Å². The van der Waals surface area contributed by atoms with Gasteiger partial charge in [0.1, 0.15) is 0 Å². The summed E-state index contributed by atoms with van der Waals surface area (Å²) in [4.78, 5) is 4.84. The minimum Gasteiger partial charge on any atom is -0.354 e. The first-order chi connectivity index (χ1) is 11.7. The number of nitrogens with one attached hydrogen (secondary N) is 1. The lowest BCUT2D eigenvalue weighted by Gasteiger charge is -2.12. The number of nitrogens with zero attached hydrogens (tertiary/aromatic N) is 2. The molecular weight excluding hydrogens is 294 g/mol. The zero-order valence-electron chi connectivity index (χ0n) is 13.8. The fourth-order valence-electron chi connectivity index (χ4n) is 2.95. The van der Waals surface area contributed by atoms with Crippen molar-refractivity contribution >= 4 is 22.4 Å². The fraction of sp³-hybridized carbons (Fsp3) is 0.0952. The second kappa shape index (κ2) is 5.85. The molecular formula is C21H19N3. The summed E-state index contributed by atoms with van der Waals surface area (Å²) < 4.78 is 2.10. The lowest BCUT2D eigenvalue weighted by Crippen LogP contribution is -1.97. The molecule has 0 unspecified atom stereocenters. The zero-order chi connectivity index (χ0) is 16.5. The number of para-hydroxylation sites is 1. The molecule has 0 spiro atoms. The molecule has 3 nitrogen and oxygen atoms in total. The van der Waals surface area contributed by atoms with E-state index in [1.165, 1.54) is 5.56 Å². The van der Waals surface area contributed by atoms with Gasteiger partial charge in [0.2, 0.25) is 0 Å². The van der Waals surface area contributed by atoms with Gasteiger partial charge in [-0.2, -0.15) is 0 Å². The summed E-state index contributed by atoms with van der Waals surface area (Å²) in [5.41, 5.74) is 7.59. The summed E-state index contributed by atoms with van der Waals surface area (Å²) in [5, 5.41) is 3.53. The highest BCUT2D eigenvalue weighted by Gasteiger charge is 2.11. The van der Waals surface area contributed by atoms with Crippen molar-refractivity contribution in [2.45, 2.75) is 6.92 Å². The molecule has 3 heteroatoms. The van der Waals surface area contributed by atoms with Gasteiger partial charge in [-0.15, -0.1) is 0 Å². The molecule has 4 aromatic rings. The zero-order valence-corrected chi connectivity index (χ0v) is 13.8. The monoisotopic (exact) mass is 313 g/mol. The van der Waals surface area contributed by atoms with E-state index in [-0.39, 0.29) is 0 Å². The molecule has 0 saturated heterocycles. The third kappa shape index (κ3) is 2.65. The molecule has 24 heavy (non-hydrogen) atoms. The number of benzene rings is 2. The van der Waals surface area contributed by atoms with Crippen LogP contribution in [0.1, 0.15) is 5.56 Å². The predicted octanol–water partition coefficient (Wildman–Crippen LogP) is 5.29. The molecule has 0 aliphatic rings. The number of aromatic nitrogens is 2.